The highest BCUT2D eigenvalue weighted by molar-refractivity contribution is 9.10. The number of urea groups is 1. The van der Waals surface area contributed by atoms with Crippen molar-refractivity contribution in [2.75, 3.05) is 6.61 Å². The Kier molecular flexibility index (Phi) is 7.08. The van der Waals surface area contributed by atoms with Gasteiger partial charge >= 0.3 is 12.0 Å². The molecule has 0 radical (unpaired) electrons. The lowest BCUT2D eigenvalue weighted by Gasteiger charge is -2.29. The molecule has 0 aromatic heterocycles. The second-order valence-electron chi connectivity index (χ2n) is 6.27. The van der Waals surface area contributed by atoms with Gasteiger partial charge in [0, 0.05) is 5.70 Å². The predicted octanol–water partition coefficient (Wildman–Crippen LogP) is 4.21. The fraction of sp³-hybridized carbons (Fsp3) is 0.474. The molecular formula is C19H25BrN2O4. The molecule has 1 aromatic carbocycles. The number of hydrogen-bond acceptors (Lipinski definition) is 4. The van der Waals surface area contributed by atoms with Crippen molar-refractivity contribution in [2.24, 2.45) is 0 Å². The molecule has 2 rings (SSSR count). The Balaban J connectivity index is 2.42. The normalized spacial score (nSPS) is 17.0. The topological polar surface area (TPSA) is 76.7 Å². The highest BCUT2D eigenvalue weighted by atomic mass is 79.9. The quantitative estimate of drug-likeness (QED) is 0.642. The van der Waals surface area contributed by atoms with Crippen molar-refractivity contribution in [3.63, 3.8) is 0 Å². The van der Waals surface area contributed by atoms with E-state index in [4.69, 9.17) is 9.47 Å². The summed E-state index contributed by atoms with van der Waals surface area (Å²) in [7, 11) is 0. The van der Waals surface area contributed by atoms with Gasteiger partial charge in [-0.25, -0.2) is 9.59 Å². The third-order valence-electron chi connectivity index (χ3n) is 3.82. The van der Waals surface area contributed by atoms with Gasteiger partial charge in [-0.1, -0.05) is 19.9 Å². The van der Waals surface area contributed by atoms with Crippen molar-refractivity contribution in [3.8, 4) is 5.75 Å². The zero-order chi connectivity index (χ0) is 19.3. The van der Waals surface area contributed by atoms with Gasteiger partial charge in [-0.2, -0.15) is 0 Å². The summed E-state index contributed by atoms with van der Waals surface area (Å²) in [5.74, 6) is 0.290. The molecule has 0 saturated heterocycles. The first kappa shape index (κ1) is 20.3. The Morgan fingerprint density at radius 2 is 2.04 bits per heavy atom. The minimum atomic E-state index is -0.582. The fourth-order valence-corrected chi connectivity index (χ4v) is 3.20. The highest BCUT2D eigenvalue weighted by Gasteiger charge is 2.33. The summed E-state index contributed by atoms with van der Waals surface area (Å²) in [6.07, 6.45) is 1.18. The monoisotopic (exact) mass is 424 g/mol. The molecule has 2 amide bonds. The maximum Gasteiger partial charge on any atom is 0.338 e. The van der Waals surface area contributed by atoms with Crippen LogP contribution in [0.15, 0.2) is 33.9 Å². The first-order valence-electron chi connectivity index (χ1n) is 8.81. The molecule has 1 aromatic rings. The minimum Gasteiger partial charge on any atom is -0.492 e. The SMILES string of the molecule is CCCOc1ccc(C2NC(=O)NC(CC)=C2C(=O)OC(C)C)cc1Br. The molecule has 1 aliphatic heterocycles. The van der Waals surface area contributed by atoms with E-state index in [1.807, 2.05) is 32.0 Å². The second kappa shape index (κ2) is 9.07. The summed E-state index contributed by atoms with van der Waals surface area (Å²) in [5.41, 5.74) is 1.78. The van der Waals surface area contributed by atoms with Crippen molar-refractivity contribution in [2.45, 2.75) is 52.7 Å². The Labute approximate surface area is 162 Å². The molecule has 1 aliphatic rings. The molecule has 1 heterocycles. The number of carbonyl (C=O) groups is 2. The Morgan fingerprint density at radius 3 is 2.62 bits per heavy atom. The molecule has 1 atom stereocenters. The summed E-state index contributed by atoms with van der Waals surface area (Å²) in [6.45, 7) is 8.14. The molecule has 26 heavy (non-hydrogen) atoms. The van der Waals surface area contributed by atoms with Crippen LogP contribution >= 0.6 is 15.9 Å². The van der Waals surface area contributed by atoms with Gasteiger partial charge in [-0.15, -0.1) is 0 Å². The lowest BCUT2D eigenvalue weighted by atomic mass is 9.94. The van der Waals surface area contributed by atoms with Crippen LogP contribution in [0.5, 0.6) is 5.75 Å². The number of esters is 1. The fourth-order valence-electron chi connectivity index (χ4n) is 2.69. The zero-order valence-corrected chi connectivity index (χ0v) is 17.1. The average Bonchev–Trinajstić information content (AvgIpc) is 2.59. The number of nitrogens with one attached hydrogen (secondary N) is 2. The number of carbonyl (C=O) groups excluding carboxylic acids is 2. The first-order valence-corrected chi connectivity index (χ1v) is 9.60. The van der Waals surface area contributed by atoms with E-state index in [-0.39, 0.29) is 12.1 Å². The third kappa shape index (κ3) is 4.78. The lowest BCUT2D eigenvalue weighted by molar-refractivity contribution is -0.143. The van der Waals surface area contributed by atoms with Gasteiger partial charge in [0.1, 0.15) is 5.75 Å². The van der Waals surface area contributed by atoms with Gasteiger partial charge < -0.3 is 20.1 Å². The van der Waals surface area contributed by atoms with Crippen LogP contribution in [-0.2, 0) is 9.53 Å². The molecule has 0 fully saturated rings. The van der Waals surface area contributed by atoms with E-state index in [2.05, 4.69) is 26.6 Å². The number of ether oxygens (including phenoxy) is 2. The zero-order valence-electron chi connectivity index (χ0n) is 15.5. The highest BCUT2D eigenvalue weighted by Crippen LogP contribution is 2.34. The van der Waals surface area contributed by atoms with E-state index >= 15 is 0 Å². The minimum absolute atomic E-state index is 0.247. The van der Waals surface area contributed by atoms with Crippen LogP contribution in [-0.4, -0.2) is 24.7 Å². The van der Waals surface area contributed by atoms with Gasteiger partial charge in [-0.3, -0.25) is 0 Å². The summed E-state index contributed by atoms with van der Waals surface area (Å²) < 4.78 is 11.8. The van der Waals surface area contributed by atoms with Crippen LogP contribution in [0.4, 0.5) is 4.79 Å². The number of hydrogen-bond donors (Lipinski definition) is 2. The van der Waals surface area contributed by atoms with Crippen LogP contribution in [0, 0.1) is 0 Å². The van der Waals surface area contributed by atoms with Gasteiger partial charge in [-0.05, 0) is 60.3 Å². The smallest absolute Gasteiger partial charge is 0.338 e. The van der Waals surface area contributed by atoms with Crippen LogP contribution in [0.1, 0.15) is 52.1 Å². The van der Waals surface area contributed by atoms with Gasteiger partial charge in [0.25, 0.3) is 0 Å². The van der Waals surface area contributed by atoms with E-state index in [0.717, 1.165) is 22.2 Å². The molecule has 0 saturated carbocycles. The lowest BCUT2D eigenvalue weighted by Crippen LogP contribution is -2.46. The van der Waals surface area contributed by atoms with Crippen LogP contribution in [0.25, 0.3) is 0 Å². The molecule has 0 spiro atoms. The van der Waals surface area contributed by atoms with Crippen molar-refractivity contribution >= 4 is 27.9 Å². The van der Waals surface area contributed by atoms with Crippen molar-refractivity contribution < 1.29 is 19.1 Å². The van der Waals surface area contributed by atoms with Gasteiger partial charge in [0.2, 0.25) is 0 Å². The molecule has 2 N–H and O–H groups in total. The molecular weight excluding hydrogens is 400 g/mol. The van der Waals surface area contributed by atoms with Crippen molar-refractivity contribution in [1.82, 2.24) is 10.6 Å². The van der Waals surface area contributed by atoms with Crippen molar-refractivity contribution in [3.05, 3.63) is 39.5 Å². The van der Waals surface area contributed by atoms with Crippen LogP contribution < -0.4 is 15.4 Å². The van der Waals surface area contributed by atoms with Gasteiger partial charge in [0.05, 0.1) is 28.8 Å². The average molecular weight is 425 g/mol. The first-order chi connectivity index (χ1) is 12.4. The molecule has 142 valence electrons. The molecule has 6 nitrogen and oxygen atoms in total. The van der Waals surface area contributed by atoms with Crippen LogP contribution in [0.3, 0.4) is 0 Å². The number of amides is 2. The molecule has 0 aliphatic carbocycles. The Morgan fingerprint density at radius 1 is 1.31 bits per heavy atom. The van der Waals surface area contributed by atoms with E-state index in [0.29, 0.717) is 24.3 Å². The summed E-state index contributed by atoms with van der Waals surface area (Å²) in [5, 5.41) is 5.54. The number of allylic oxidation sites excluding steroid dienone is 1. The molecule has 0 bridgehead atoms. The van der Waals surface area contributed by atoms with Crippen LogP contribution in [0.2, 0.25) is 0 Å². The Hall–Kier alpha value is -2.02. The van der Waals surface area contributed by atoms with E-state index in [9.17, 15) is 9.59 Å². The summed E-state index contributed by atoms with van der Waals surface area (Å²) in [4.78, 5) is 24.7. The number of rotatable bonds is 7. The largest absolute Gasteiger partial charge is 0.492 e. The van der Waals surface area contributed by atoms with Gasteiger partial charge in [0.15, 0.2) is 0 Å². The van der Waals surface area contributed by atoms with E-state index in [1.54, 1.807) is 13.8 Å². The second-order valence-corrected chi connectivity index (χ2v) is 7.12. The van der Waals surface area contributed by atoms with E-state index < -0.39 is 12.0 Å². The summed E-state index contributed by atoms with van der Waals surface area (Å²) in [6, 6.07) is 4.62. The standard InChI is InChI=1S/C19H25BrN2O4/c1-5-9-25-15-8-7-12(10-13(15)20)17-16(18(23)26-11(3)4)14(6-2)21-19(24)22-17/h7-8,10-11,17H,5-6,9H2,1-4H3,(H2,21,22,24). The number of benzene rings is 1. The van der Waals surface area contributed by atoms with E-state index in [1.165, 1.54) is 0 Å². The molecule has 7 heteroatoms. The maximum absolute atomic E-state index is 12.7. The predicted molar refractivity (Wildman–Crippen MR) is 103 cm³/mol. The molecule has 1 unspecified atom stereocenters. The third-order valence-corrected chi connectivity index (χ3v) is 4.44. The van der Waals surface area contributed by atoms with Crippen molar-refractivity contribution in [1.29, 1.82) is 0 Å². The number of halogens is 1. The maximum atomic E-state index is 12.7. The summed E-state index contributed by atoms with van der Waals surface area (Å²) >= 11 is 3.50. The Bertz CT molecular complexity index is 715.